The molecule has 0 radical (unpaired) electrons. The molecule has 4 N–H and O–H groups in total. The van der Waals surface area contributed by atoms with Crippen molar-refractivity contribution >= 4 is 18.4 Å². The standard InChI is InChI=1S/C6H14N2O2.ClH/c1-8-4-2-3-5(7)6(9)10;/h5,8H,2-4,7H2,1H3,(H,9,10);1H. The molecule has 0 aromatic carbocycles. The molecule has 1 atom stereocenters. The Bertz CT molecular complexity index is 111. The molecule has 0 aliphatic rings. The summed E-state index contributed by atoms with van der Waals surface area (Å²) < 4.78 is 0. The van der Waals surface area contributed by atoms with Crippen molar-refractivity contribution in [1.82, 2.24) is 5.32 Å². The molecule has 5 heteroatoms. The van der Waals surface area contributed by atoms with Crippen molar-refractivity contribution in [2.45, 2.75) is 18.9 Å². The molecule has 0 fully saturated rings. The Morgan fingerprint density at radius 1 is 1.73 bits per heavy atom. The number of carboxylic acids is 1. The first-order chi connectivity index (χ1) is 4.68. The van der Waals surface area contributed by atoms with Crippen LogP contribution >= 0.6 is 12.4 Å². The predicted octanol–water partition coefficient (Wildman–Crippen LogP) is -0.180. The highest BCUT2D eigenvalue weighted by atomic mass is 35.5. The minimum Gasteiger partial charge on any atom is -0.480 e. The number of hydrogen-bond acceptors (Lipinski definition) is 3. The second kappa shape index (κ2) is 7.78. The molecule has 0 bridgehead atoms. The summed E-state index contributed by atoms with van der Waals surface area (Å²) in [6, 6.07) is -0.701. The van der Waals surface area contributed by atoms with Gasteiger partial charge in [-0.25, -0.2) is 0 Å². The highest BCUT2D eigenvalue weighted by Gasteiger charge is 2.09. The van der Waals surface area contributed by atoms with Crippen molar-refractivity contribution in [2.24, 2.45) is 5.73 Å². The first kappa shape index (κ1) is 13.3. The fourth-order valence-corrected chi connectivity index (χ4v) is 0.622. The van der Waals surface area contributed by atoms with E-state index in [9.17, 15) is 4.79 Å². The number of hydrogen-bond donors (Lipinski definition) is 3. The van der Waals surface area contributed by atoms with Crippen LogP contribution in [0.15, 0.2) is 0 Å². The van der Waals surface area contributed by atoms with E-state index < -0.39 is 12.0 Å². The van der Waals surface area contributed by atoms with E-state index in [1.54, 1.807) is 0 Å². The lowest BCUT2D eigenvalue weighted by Crippen LogP contribution is -2.30. The smallest absolute Gasteiger partial charge is 0.320 e. The lowest BCUT2D eigenvalue weighted by molar-refractivity contribution is -0.138. The van der Waals surface area contributed by atoms with Crippen molar-refractivity contribution in [1.29, 1.82) is 0 Å². The third-order valence-corrected chi connectivity index (χ3v) is 1.26. The molecule has 0 saturated heterocycles. The van der Waals surface area contributed by atoms with Gasteiger partial charge in [0.05, 0.1) is 0 Å². The zero-order valence-corrected chi connectivity index (χ0v) is 7.36. The minimum atomic E-state index is -0.920. The van der Waals surface area contributed by atoms with Crippen LogP contribution in [0.4, 0.5) is 0 Å². The van der Waals surface area contributed by atoms with Gasteiger partial charge in [0.15, 0.2) is 0 Å². The van der Waals surface area contributed by atoms with Crippen LogP contribution in [0.5, 0.6) is 0 Å². The van der Waals surface area contributed by atoms with Crippen molar-refractivity contribution in [2.75, 3.05) is 13.6 Å². The minimum absolute atomic E-state index is 0. The van der Waals surface area contributed by atoms with Crippen LogP contribution in [0.1, 0.15) is 12.8 Å². The van der Waals surface area contributed by atoms with Crippen LogP contribution in [0.25, 0.3) is 0 Å². The number of aliphatic carboxylic acids is 1. The Hall–Kier alpha value is -0.320. The maximum Gasteiger partial charge on any atom is 0.320 e. The van der Waals surface area contributed by atoms with E-state index in [4.69, 9.17) is 10.8 Å². The van der Waals surface area contributed by atoms with E-state index in [0.717, 1.165) is 13.0 Å². The summed E-state index contributed by atoms with van der Waals surface area (Å²) in [6.07, 6.45) is 1.35. The van der Waals surface area contributed by atoms with Crippen LogP contribution in [0.2, 0.25) is 0 Å². The Kier molecular flexibility index (Phi) is 9.40. The Morgan fingerprint density at radius 3 is 2.64 bits per heavy atom. The van der Waals surface area contributed by atoms with E-state index in [0.29, 0.717) is 6.42 Å². The van der Waals surface area contributed by atoms with Gasteiger partial charge in [-0.3, -0.25) is 4.79 Å². The average Bonchev–Trinajstić information content (AvgIpc) is 1.88. The molecule has 0 rings (SSSR count). The first-order valence-electron chi connectivity index (χ1n) is 3.31. The number of rotatable bonds is 5. The lowest BCUT2D eigenvalue weighted by Gasteiger charge is -2.04. The molecular formula is C6H15ClN2O2. The molecule has 0 heterocycles. The normalized spacial score (nSPS) is 11.8. The van der Waals surface area contributed by atoms with E-state index >= 15 is 0 Å². The van der Waals surface area contributed by atoms with Gasteiger partial charge in [0, 0.05) is 0 Å². The van der Waals surface area contributed by atoms with Gasteiger partial charge in [0.25, 0.3) is 0 Å². The van der Waals surface area contributed by atoms with Gasteiger partial charge in [-0.2, -0.15) is 0 Å². The number of carboxylic acid groups (broad SMARTS) is 1. The summed E-state index contributed by atoms with van der Waals surface area (Å²) in [7, 11) is 1.83. The van der Waals surface area contributed by atoms with Crippen LogP contribution in [0.3, 0.4) is 0 Å². The van der Waals surface area contributed by atoms with Crippen molar-refractivity contribution in [3.63, 3.8) is 0 Å². The van der Waals surface area contributed by atoms with E-state index in [1.807, 2.05) is 7.05 Å². The number of nitrogens with one attached hydrogen (secondary N) is 1. The van der Waals surface area contributed by atoms with Crippen LogP contribution in [0, 0.1) is 0 Å². The third kappa shape index (κ3) is 7.58. The molecule has 1 unspecified atom stereocenters. The number of nitrogens with two attached hydrogens (primary N) is 1. The van der Waals surface area contributed by atoms with Gasteiger partial charge < -0.3 is 16.2 Å². The Balaban J connectivity index is 0. The van der Waals surface area contributed by atoms with Crippen molar-refractivity contribution in [3.8, 4) is 0 Å². The average molecular weight is 183 g/mol. The highest BCUT2D eigenvalue weighted by Crippen LogP contribution is 1.92. The summed E-state index contributed by atoms with van der Waals surface area (Å²) in [6.45, 7) is 0.820. The monoisotopic (exact) mass is 182 g/mol. The Labute approximate surface area is 72.6 Å². The summed E-state index contributed by atoms with van der Waals surface area (Å²) in [5.74, 6) is -0.920. The summed E-state index contributed by atoms with van der Waals surface area (Å²) >= 11 is 0. The third-order valence-electron chi connectivity index (χ3n) is 1.26. The van der Waals surface area contributed by atoms with E-state index in [1.165, 1.54) is 0 Å². The maximum atomic E-state index is 10.1. The van der Waals surface area contributed by atoms with Gasteiger partial charge in [-0.1, -0.05) is 0 Å². The van der Waals surface area contributed by atoms with Gasteiger partial charge >= 0.3 is 5.97 Å². The van der Waals surface area contributed by atoms with Crippen LogP contribution < -0.4 is 11.1 Å². The first-order valence-corrected chi connectivity index (χ1v) is 3.31. The van der Waals surface area contributed by atoms with Crippen molar-refractivity contribution < 1.29 is 9.90 Å². The molecule has 0 spiro atoms. The lowest BCUT2D eigenvalue weighted by atomic mass is 10.2. The van der Waals surface area contributed by atoms with Gasteiger partial charge in [0.1, 0.15) is 6.04 Å². The van der Waals surface area contributed by atoms with Gasteiger partial charge in [-0.05, 0) is 26.4 Å². The molecule has 0 amide bonds. The zero-order valence-electron chi connectivity index (χ0n) is 6.54. The fraction of sp³-hybridized carbons (Fsp3) is 0.833. The zero-order chi connectivity index (χ0) is 7.98. The molecule has 11 heavy (non-hydrogen) atoms. The molecule has 0 aromatic heterocycles. The molecule has 0 aliphatic heterocycles. The molecule has 68 valence electrons. The summed E-state index contributed by atoms with van der Waals surface area (Å²) in [5, 5.41) is 11.2. The second-order valence-corrected chi connectivity index (χ2v) is 2.19. The summed E-state index contributed by atoms with van der Waals surface area (Å²) in [5.41, 5.74) is 5.23. The molecule has 0 aromatic rings. The maximum absolute atomic E-state index is 10.1. The number of carbonyl (C=O) groups is 1. The largest absolute Gasteiger partial charge is 0.480 e. The van der Waals surface area contributed by atoms with Crippen LogP contribution in [-0.2, 0) is 4.79 Å². The van der Waals surface area contributed by atoms with E-state index in [-0.39, 0.29) is 12.4 Å². The molecule has 4 nitrogen and oxygen atoms in total. The topological polar surface area (TPSA) is 75.3 Å². The summed E-state index contributed by atoms with van der Waals surface area (Å²) in [4.78, 5) is 10.1. The van der Waals surface area contributed by atoms with Gasteiger partial charge in [-0.15, -0.1) is 12.4 Å². The van der Waals surface area contributed by atoms with E-state index in [2.05, 4.69) is 5.32 Å². The predicted molar refractivity (Wildman–Crippen MR) is 46.0 cm³/mol. The Morgan fingerprint density at radius 2 is 2.27 bits per heavy atom. The van der Waals surface area contributed by atoms with Crippen molar-refractivity contribution in [3.05, 3.63) is 0 Å². The van der Waals surface area contributed by atoms with Crippen LogP contribution in [-0.4, -0.2) is 30.7 Å². The SMILES string of the molecule is CNCCCC(N)C(=O)O.Cl. The second-order valence-electron chi connectivity index (χ2n) is 2.19. The highest BCUT2D eigenvalue weighted by molar-refractivity contribution is 5.85. The molecule has 0 saturated carbocycles. The van der Waals surface area contributed by atoms with Gasteiger partial charge in [0.2, 0.25) is 0 Å². The fourth-order valence-electron chi connectivity index (χ4n) is 0.622. The number of halogens is 1. The molecular weight excluding hydrogens is 168 g/mol. The molecule has 0 aliphatic carbocycles. The quantitative estimate of drug-likeness (QED) is 0.516.